The lowest BCUT2D eigenvalue weighted by Gasteiger charge is -2.18. The summed E-state index contributed by atoms with van der Waals surface area (Å²) >= 11 is 0. The summed E-state index contributed by atoms with van der Waals surface area (Å²) in [5.41, 5.74) is 3.02. The molecule has 0 aliphatic carbocycles. The third-order valence-corrected chi connectivity index (χ3v) is 4.10. The number of rotatable bonds is 7. The molecule has 2 N–H and O–H groups in total. The molecule has 2 aromatic carbocycles. The highest BCUT2D eigenvalue weighted by Gasteiger charge is 2.19. The second kappa shape index (κ2) is 9.21. The van der Waals surface area contributed by atoms with Gasteiger partial charge in [0.15, 0.2) is 6.10 Å². The van der Waals surface area contributed by atoms with Crippen LogP contribution in [0.3, 0.4) is 0 Å². The molecular formula is C22H28N2O3. The van der Waals surface area contributed by atoms with Crippen LogP contribution in [0.1, 0.15) is 42.3 Å². The average molecular weight is 368 g/mol. The third-order valence-electron chi connectivity index (χ3n) is 4.10. The third kappa shape index (κ3) is 5.84. The predicted octanol–water partition coefficient (Wildman–Crippen LogP) is 4.10. The standard InChI is InChI=1S/C22H28N2O3/c1-14(2)13-23-22(26)18-8-6-7-9-19(18)24-21(25)17(5)27-20-11-10-15(3)12-16(20)4/h6-12,14,17H,13H2,1-5H3,(H,23,26)(H,24,25)/t17-/m1/s1. The van der Waals surface area contributed by atoms with E-state index in [9.17, 15) is 9.59 Å². The highest BCUT2D eigenvalue weighted by molar-refractivity contribution is 6.04. The van der Waals surface area contributed by atoms with Crippen LogP contribution < -0.4 is 15.4 Å². The Hall–Kier alpha value is -2.82. The monoisotopic (exact) mass is 368 g/mol. The van der Waals surface area contributed by atoms with Crippen molar-refractivity contribution in [1.82, 2.24) is 5.32 Å². The number of hydrogen-bond acceptors (Lipinski definition) is 3. The largest absolute Gasteiger partial charge is 0.481 e. The number of ether oxygens (including phenoxy) is 1. The first kappa shape index (κ1) is 20.5. The summed E-state index contributed by atoms with van der Waals surface area (Å²) in [6, 6.07) is 12.8. The van der Waals surface area contributed by atoms with E-state index in [4.69, 9.17) is 4.74 Å². The molecule has 0 radical (unpaired) electrons. The molecule has 0 bridgehead atoms. The Morgan fingerprint density at radius 3 is 2.41 bits per heavy atom. The van der Waals surface area contributed by atoms with Crippen molar-refractivity contribution in [2.45, 2.75) is 40.7 Å². The van der Waals surface area contributed by atoms with Crippen molar-refractivity contribution in [2.75, 3.05) is 11.9 Å². The minimum absolute atomic E-state index is 0.206. The Morgan fingerprint density at radius 1 is 1.04 bits per heavy atom. The molecule has 0 spiro atoms. The number of benzene rings is 2. The van der Waals surface area contributed by atoms with Crippen LogP contribution in [0, 0.1) is 19.8 Å². The fourth-order valence-corrected chi connectivity index (χ4v) is 2.59. The van der Waals surface area contributed by atoms with E-state index in [0.717, 1.165) is 11.1 Å². The highest BCUT2D eigenvalue weighted by atomic mass is 16.5. The fourth-order valence-electron chi connectivity index (χ4n) is 2.59. The van der Waals surface area contributed by atoms with Gasteiger partial charge in [-0.2, -0.15) is 0 Å². The van der Waals surface area contributed by atoms with Crippen molar-refractivity contribution in [3.8, 4) is 5.75 Å². The predicted molar refractivity (Wildman–Crippen MR) is 108 cm³/mol. The van der Waals surface area contributed by atoms with E-state index < -0.39 is 6.10 Å². The van der Waals surface area contributed by atoms with Crippen LogP contribution in [0.2, 0.25) is 0 Å². The number of carbonyl (C=O) groups excluding carboxylic acids is 2. The minimum atomic E-state index is -0.696. The van der Waals surface area contributed by atoms with E-state index in [1.54, 1.807) is 31.2 Å². The quantitative estimate of drug-likeness (QED) is 0.773. The van der Waals surface area contributed by atoms with Crippen LogP contribution in [0.25, 0.3) is 0 Å². The lowest BCUT2D eigenvalue weighted by atomic mass is 10.1. The van der Waals surface area contributed by atoms with Gasteiger partial charge in [0.25, 0.3) is 11.8 Å². The Kier molecular flexibility index (Phi) is 6.99. The molecule has 0 aliphatic rings. The average Bonchev–Trinajstić information content (AvgIpc) is 2.62. The van der Waals surface area contributed by atoms with E-state index in [0.29, 0.717) is 29.5 Å². The highest BCUT2D eigenvalue weighted by Crippen LogP contribution is 2.21. The van der Waals surface area contributed by atoms with Crippen LogP contribution in [0.5, 0.6) is 5.75 Å². The number of amides is 2. The second-order valence-electron chi connectivity index (χ2n) is 7.17. The lowest BCUT2D eigenvalue weighted by Crippen LogP contribution is -2.32. The summed E-state index contributed by atoms with van der Waals surface area (Å²) < 4.78 is 5.80. The van der Waals surface area contributed by atoms with Crippen molar-refractivity contribution in [1.29, 1.82) is 0 Å². The molecule has 0 heterocycles. The molecule has 0 saturated carbocycles. The smallest absolute Gasteiger partial charge is 0.265 e. The number of carbonyl (C=O) groups is 2. The number of aryl methyl sites for hydroxylation is 2. The Balaban J connectivity index is 2.07. The molecular weight excluding hydrogens is 340 g/mol. The number of anilines is 1. The van der Waals surface area contributed by atoms with Crippen molar-refractivity contribution >= 4 is 17.5 Å². The van der Waals surface area contributed by atoms with E-state index >= 15 is 0 Å². The van der Waals surface area contributed by atoms with E-state index in [2.05, 4.69) is 10.6 Å². The van der Waals surface area contributed by atoms with Gasteiger partial charge in [0.1, 0.15) is 5.75 Å². The molecule has 0 aromatic heterocycles. The van der Waals surface area contributed by atoms with Gasteiger partial charge in [0, 0.05) is 6.54 Å². The zero-order valence-corrected chi connectivity index (χ0v) is 16.6. The maximum Gasteiger partial charge on any atom is 0.265 e. The topological polar surface area (TPSA) is 67.4 Å². The van der Waals surface area contributed by atoms with Gasteiger partial charge in [-0.15, -0.1) is 0 Å². The molecule has 27 heavy (non-hydrogen) atoms. The van der Waals surface area contributed by atoms with Gasteiger partial charge in [-0.25, -0.2) is 0 Å². The number of hydrogen-bond donors (Lipinski definition) is 2. The van der Waals surface area contributed by atoms with E-state index in [1.807, 2.05) is 45.9 Å². The Morgan fingerprint density at radius 2 is 1.74 bits per heavy atom. The first-order chi connectivity index (χ1) is 12.8. The maximum absolute atomic E-state index is 12.6. The molecule has 5 nitrogen and oxygen atoms in total. The maximum atomic E-state index is 12.6. The van der Waals surface area contributed by atoms with Crippen molar-refractivity contribution in [2.24, 2.45) is 5.92 Å². The summed E-state index contributed by atoms with van der Waals surface area (Å²) in [5.74, 6) is 0.509. The molecule has 2 amide bonds. The SMILES string of the molecule is Cc1ccc(O[C@H](C)C(=O)Nc2ccccc2C(=O)NCC(C)C)c(C)c1. The molecule has 0 unspecified atom stereocenters. The van der Waals surface area contributed by atoms with Gasteiger partial charge in [-0.1, -0.05) is 43.7 Å². The van der Waals surface area contributed by atoms with Crippen molar-refractivity contribution in [3.05, 3.63) is 59.2 Å². The number of nitrogens with one attached hydrogen (secondary N) is 2. The second-order valence-corrected chi connectivity index (χ2v) is 7.17. The first-order valence-electron chi connectivity index (χ1n) is 9.20. The van der Waals surface area contributed by atoms with Crippen LogP contribution >= 0.6 is 0 Å². The summed E-state index contributed by atoms with van der Waals surface area (Å²) in [4.78, 5) is 25.0. The molecule has 1 atom stereocenters. The summed E-state index contributed by atoms with van der Waals surface area (Å²) in [7, 11) is 0. The van der Waals surface area contributed by atoms with Crippen molar-refractivity contribution < 1.29 is 14.3 Å². The summed E-state index contributed by atoms with van der Waals surface area (Å²) in [6.07, 6.45) is -0.696. The zero-order chi connectivity index (χ0) is 20.0. The van der Waals surface area contributed by atoms with Crippen molar-refractivity contribution in [3.63, 3.8) is 0 Å². The normalized spacial score (nSPS) is 11.8. The molecule has 0 fully saturated rings. The van der Waals surface area contributed by atoms with Gasteiger partial charge in [-0.05, 0) is 50.5 Å². The van der Waals surface area contributed by atoms with E-state index in [-0.39, 0.29) is 11.8 Å². The zero-order valence-electron chi connectivity index (χ0n) is 16.6. The Labute approximate surface area is 161 Å². The van der Waals surface area contributed by atoms with Gasteiger partial charge in [-0.3, -0.25) is 9.59 Å². The molecule has 2 aromatic rings. The van der Waals surface area contributed by atoms with E-state index in [1.165, 1.54) is 0 Å². The van der Waals surface area contributed by atoms with Crippen LogP contribution in [-0.4, -0.2) is 24.5 Å². The Bertz CT molecular complexity index is 815. The van der Waals surface area contributed by atoms with Crippen LogP contribution in [0.4, 0.5) is 5.69 Å². The van der Waals surface area contributed by atoms with Gasteiger partial charge >= 0.3 is 0 Å². The van der Waals surface area contributed by atoms with Gasteiger partial charge < -0.3 is 15.4 Å². The molecule has 5 heteroatoms. The number of para-hydroxylation sites is 1. The van der Waals surface area contributed by atoms with Crippen LogP contribution in [-0.2, 0) is 4.79 Å². The van der Waals surface area contributed by atoms with Gasteiger partial charge in [0.2, 0.25) is 0 Å². The summed E-state index contributed by atoms with van der Waals surface area (Å²) in [6.45, 7) is 10.3. The summed E-state index contributed by atoms with van der Waals surface area (Å²) in [5, 5.41) is 5.68. The minimum Gasteiger partial charge on any atom is -0.481 e. The van der Waals surface area contributed by atoms with Crippen LogP contribution in [0.15, 0.2) is 42.5 Å². The molecule has 0 saturated heterocycles. The molecule has 0 aliphatic heterocycles. The fraction of sp³-hybridized carbons (Fsp3) is 0.364. The first-order valence-corrected chi connectivity index (χ1v) is 9.20. The lowest BCUT2D eigenvalue weighted by molar-refractivity contribution is -0.122. The molecule has 144 valence electrons. The molecule has 2 rings (SSSR count). The van der Waals surface area contributed by atoms with Gasteiger partial charge in [0.05, 0.1) is 11.3 Å².